The molecule has 0 fully saturated rings. The van der Waals surface area contributed by atoms with Gasteiger partial charge in [0.1, 0.15) is 18.1 Å². The first-order valence-electron chi connectivity index (χ1n) is 5.88. The van der Waals surface area contributed by atoms with E-state index in [9.17, 15) is 4.79 Å². The van der Waals surface area contributed by atoms with Gasteiger partial charge in [0, 0.05) is 6.08 Å². The van der Waals surface area contributed by atoms with Crippen LogP contribution in [0.15, 0.2) is 24.2 Å². The molecule has 0 saturated carbocycles. The van der Waals surface area contributed by atoms with E-state index in [0.29, 0.717) is 24.9 Å². The van der Waals surface area contributed by atoms with Gasteiger partial charge in [0.05, 0.1) is 11.9 Å². The monoisotopic (exact) mass is 256 g/mol. The van der Waals surface area contributed by atoms with Crippen LogP contribution >= 0.6 is 11.8 Å². The predicted octanol–water partition coefficient (Wildman–Crippen LogP) is 3.13. The van der Waals surface area contributed by atoms with Crippen molar-refractivity contribution in [3.8, 4) is 0 Å². The molecule has 1 aliphatic heterocycles. The van der Waals surface area contributed by atoms with Crippen molar-refractivity contribution in [2.75, 3.05) is 13.2 Å². The van der Waals surface area contributed by atoms with Gasteiger partial charge in [-0.2, -0.15) is 0 Å². The van der Waals surface area contributed by atoms with E-state index in [0.717, 1.165) is 12.2 Å². The van der Waals surface area contributed by atoms with Crippen molar-refractivity contribution < 1.29 is 14.3 Å². The fraction of sp³-hybridized carbons (Fsp3) is 0.615. The van der Waals surface area contributed by atoms with Gasteiger partial charge in [-0.05, 0) is 12.3 Å². The molecule has 0 amide bonds. The molecule has 0 saturated heterocycles. The van der Waals surface area contributed by atoms with Gasteiger partial charge in [-0.25, -0.2) is 0 Å². The predicted molar refractivity (Wildman–Crippen MR) is 70.6 cm³/mol. The summed E-state index contributed by atoms with van der Waals surface area (Å²) >= 11 is 1.32. The van der Waals surface area contributed by atoms with Crippen molar-refractivity contribution in [3.63, 3.8) is 0 Å². The number of hydrogen-bond donors (Lipinski definition) is 0. The highest BCUT2D eigenvalue weighted by Gasteiger charge is 2.25. The van der Waals surface area contributed by atoms with E-state index in [-0.39, 0.29) is 10.4 Å². The molecule has 0 aliphatic carbocycles. The first kappa shape index (κ1) is 14.2. The normalized spacial score (nSPS) is 19.4. The lowest BCUT2D eigenvalue weighted by atomic mass is 10.2. The van der Waals surface area contributed by atoms with Gasteiger partial charge in [0.15, 0.2) is 0 Å². The zero-order valence-electron chi connectivity index (χ0n) is 10.7. The van der Waals surface area contributed by atoms with Crippen LogP contribution in [0.4, 0.5) is 0 Å². The Kier molecular flexibility index (Phi) is 5.62. The lowest BCUT2D eigenvalue weighted by molar-refractivity contribution is -0.107. The van der Waals surface area contributed by atoms with Crippen molar-refractivity contribution >= 4 is 16.9 Å². The van der Waals surface area contributed by atoms with Gasteiger partial charge in [-0.3, -0.25) is 4.79 Å². The maximum Gasteiger partial charge on any atom is 0.216 e. The van der Waals surface area contributed by atoms with Crippen LogP contribution in [0.5, 0.6) is 0 Å². The van der Waals surface area contributed by atoms with Gasteiger partial charge in [-0.15, -0.1) is 0 Å². The summed E-state index contributed by atoms with van der Waals surface area (Å²) in [5.74, 6) is 1.83. The summed E-state index contributed by atoms with van der Waals surface area (Å²) in [5, 5.41) is 0.223. The minimum absolute atomic E-state index is 0.0700. The summed E-state index contributed by atoms with van der Waals surface area (Å²) in [7, 11) is 0. The van der Waals surface area contributed by atoms with Gasteiger partial charge in [-0.1, -0.05) is 39.1 Å². The smallest absolute Gasteiger partial charge is 0.216 e. The molecule has 1 unspecified atom stereocenters. The van der Waals surface area contributed by atoms with Crippen molar-refractivity contribution in [1.82, 2.24) is 0 Å². The first-order valence-corrected chi connectivity index (χ1v) is 6.76. The number of rotatable bonds is 7. The van der Waals surface area contributed by atoms with E-state index in [4.69, 9.17) is 9.47 Å². The molecular weight excluding hydrogens is 236 g/mol. The summed E-state index contributed by atoms with van der Waals surface area (Å²) < 4.78 is 11.0. The van der Waals surface area contributed by atoms with Crippen molar-refractivity contribution in [1.29, 1.82) is 0 Å². The Morgan fingerprint density at radius 1 is 1.59 bits per heavy atom. The van der Waals surface area contributed by atoms with E-state index < -0.39 is 0 Å². The van der Waals surface area contributed by atoms with Gasteiger partial charge in [0.2, 0.25) is 5.12 Å². The summed E-state index contributed by atoms with van der Waals surface area (Å²) in [6.45, 7) is 11.0. The third-order valence-electron chi connectivity index (χ3n) is 2.23. The molecule has 0 bridgehead atoms. The first-order chi connectivity index (χ1) is 8.02. The number of carbonyl (C=O) groups is 1. The van der Waals surface area contributed by atoms with Crippen LogP contribution < -0.4 is 0 Å². The molecule has 1 aliphatic rings. The number of ether oxygens (including phenoxy) is 2. The average Bonchev–Trinajstić information content (AvgIpc) is 2.64. The zero-order chi connectivity index (χ0) is 12.8. The number of hydrogen-bond acceptors (Lipinski definition) is 4. The molecule has 0 spiro atoms. The molecule has 0 N–H and O–H groups in total. The third kappa shape index (κ3) is 4.86. The summed E-state index contributed by atoms with van der Waals surface area (Å²) in [5.41, 5.74) is 0. The summed E-state index contributed by atoms with van der Waals surface area (Å²) in [6, 6.07) is 0. The van der Waals surface area contributed by atoms with Gasteiger partial charge in [0.25, 0.3) is 0 Å². The minimum Gasteiger partial charge on any atom is -0.495 e. The topological polar surface area (TPSA) is 35.5 Å². The van der Waals surface area contributed by atoms with E-state index >= 15 is 0 Å². The van der Waals surface area contributed by atoms with Crippen LogP contribution in [0.2, 0.25) is 0 Å². The van der Waals surface area contributed by atoms with Crippen LogP contribution in [-0.2, 0) is 14.3 Å². The van der Waals surface area contributed by atoms with E-state index in [2.05, 4.69) is 20.4 Å². The molecule has 1 atom stereocenters. The molecule has 1 heterocycles. The zero-order valence-corrected chi connectivity index (χ0v) is 11.5. The fourth-order valence-corrected chi connectivity index (χ4v) is 2.23. The third-order valence-corrected chi connectivity index (χ3v) is 3.43. The second-order valence-corrected chi connectivity index (χ2v) is 5.62. The molecular formula is C13H20O3S. The highest BCUT2D eigenvalue weighted by atomic mass is 32.2. The maximum absolute atomic E-state index is 11.2. The van der Waals surface area contributed by atoms with Crippen LogP contribution in [0.1, 0.15) is 27.2 Å². The van der Waals surface area contributed by atoms with Crippen molar-refractivity contribution in [2.24, 2.45) is 5.92 Å². The fourth-order valence-electron chi connectivity index (χ4n) is 1.35. The SMILES string of the molecule is C=C(COC1=CC(=O)SC1CC)OCC(C)C. The highest BCUT2D eigenvalue weighted by molar-refractivity contribution is 8.15. The van der Waals surface area contributed by atoms with Crippen molar-refractivity contribution in [2.45, 2.75) is 32.4 Å². The van der Waals surface area contributed by atoms with Crippen LogP contribution in [0.3, 0.4) is 0 Å². The Morgan fingerprint density at radius 3 is 2.88 bits per heavy atom. The largest absolute Gasteiger partial charge is 0.495 e. The Morgan fingerprint density at radius 2 is 2.29 bits per heavy atom. The Hall–Kier alpha value is -0.900. The van der Waals surface area contributed by atoms with Crippen LogP contribution in [0, 0.1) is 5.92 Å². The second kappa shape index (κ2) is 6.74. The Bertz CT molecular complexity index is 321. The van der Waals surface area contributed by atoms with Crippen molar-refractivity contribution in [3.05, 3.63) is 24.2 Å². The molecule has 0 aromatic heterocycles. The molecule has 3 nitrogen and oxygen atoms in total. The van der Waals surface area contributed by atoms with E-state index in [1.54, 1.807) is 6.08 Å². The second-order valence-electron chi connectivity index (χ2n) is 4.41. The van der Waals surface area contributed by atoms with Crippen LogP contribution in [-0.4, -0.2) is 23.6 Å². The highest BCUT2D eigenvalue weighted by Crippen LogP contribution is 2.31. The summed E-state index contributed by atoms with van der Waals surface area (Å²) in [4.78, 5) is 11.2. The van der Waals surface area contributed by atoms with Crippen LogP contribution in [0.25, 0.3) is 0 Å². The van der Waals surface area contributed by atoms with E-state index in [1.807, 2.05) is 6.92 Å². The molecule has 0 aromatic carbocycles. The lowest BCUT2D eigenvalue weighted by Crippen LogP contribution is -2.09. The molecule has 0 aromatic rings. The molecule has 1 rings (SSSR count). The van der Waals surface area contributed by atoms with Gasteiger partial charge < -0.3 is 9.47 Å². The Labute approximate surface area is 107 Å². The van der Waals surface area contributed by atoms with E-state index in [1.165, 1.54) is 11.8 Å². The average molecular weight is 256 g/mol. The minimum atomic E-state index is 0.0700. The van der Waals surface area contributed by atoms with Gasteiger partial charge >= 0.3 is 0 Å². The Balaban J connectivity index is 2.32. The summed E-state index contributed by atoms with van der Waals surface area (Å²) in [6.07, 6.45) is 2.45. The number of carbonyl (C=O) groups excluding carboxylic acids is 1. The molecule has 0 radical (unpaired) electrons. The number of thioether (sulfide) groups is 1. The maximum atomic E-state index is 11.2. The molecule has 4 heteroatoms. The quantitative estimate of drug-likeness (QED) is 0.656. The molecule has 96 valence electrons. The lowest BCUT2D eigenvalue weighted by Gasteiger charge is -2.15. The molecule has 17 heavy (non-hydrogen) atoms. The standard InChI is InChI=1S/C13H20O3S/c1-5-12-11(6-13(14)17-12)16-8-10(4)15-7-9(2)3/h6,9,12H,4-5,7-8H2,1-3H3.